The van der Waals surface area contributed by atoms with Gasteiger partial charge in [-0.3, -0.25) is 0 Å². The van der Waals surface area contributed by atoms with E-state index >= 15 is 0 Å². The van der Waals surface area contributed by atoms with Crippen molar-refractivity contribution in [2.24, 2.45) is 0 Å². The molecule has 0 aliphatic rings. The Bertz CT molecular complexity index is 26.7. The summed E-state index contributed by atoms with van der Waals surface area (Å²) in [5.41, 5.74) is 0. The van der Waals surface area contributed by atoms with Gasteiger partial charge in [0.2, 0.25) is 0 Å². The molecule has 0 radical (unpaired) electrons. The third-order valence-electron chi connectivity index (χ3n) is 0.767. The van der Waals surface area contributed by atoms with Gasteiger partial charge >= 0.3 is 0 Å². The first-order valence-corrected chi connectivity index (χ1v) is 2.31. The molecule has 2 heteroatoms. The maximum atomic E-state index is 11.8. The summed E-state index contributed by atoms with van der Waals surface area (Å²) in [5.74, 6) is 0. The molecule has 0 heterocycles. The summed E-state index contributed by atoms with van der Waals surface area (Å²) >= 11 is 0. The van der Waals surface area contributed by atoms with Gasteiger partial charge in [0.05, 0.1) is 0 Å². The Morgan fingerprint density at radius 1 is 1.33 bits per heavy atom. The third kappa shape index (κ3) is 2.15. The maximum absolute atomic E-state index is 11.8. The van der Waals surface area contributed by atoms with Crippen molar-refractivity contribution in [1.29, 1.82) is 0 Å². The molecule has 0 aromatic heterocycles. The monoisotopic (exact) mass is 92.1 g/mol. The second kappa shape index (κ2) is 3.09. The molecule has 0 unspecified atom stereocenters. The van der Waals surface area contributed by atoms with Crippen LogP contribution in [0.15, 0.2) is 0 Å². The normalized spacial score (nSPS) is 10.0. The highest BCUT2D eigenvalue weighted by molar-refractivity contribution is 3.98. The van der Waals surface area contributed by atoms with Gasteiger partial charge in [0.15, 0.2) is 0 Å². The van der Waals surface area contributed by atoms with Crippen molar-refractivity contribution in [1.82, 2.24) is 0 Å². The number of hydrogen-bond donors (Lipinski definition) is 1. The fraction of sp³-hybridized carbons (Fsp3) is 1.00. The molecule has 0 aliphatic carbocycles. The molecule has 0 aromatic carbocycles. The zero-order valence-corrected chi connectivity index (χ0v) is 4.29. The van der Waals surface area contributed by atoms with E-state index in [2.05, 4.69) is 0 Å². The van der Waals surface area contributed by atoms with E-state index in [1.165, 1.54) is 0 Å². The van der Waals surface area contributed by atoms with E-state index in [9.17, 15) is 4.48 Å². The summed E-state index contributed by atoms with van der Waals surface area (Å²) in [6.07, 6.45) is 0. The average Bonchev–Trinajstić information content (AvgIpc) is 1.65. The molecule has 0 saturated carbocycles. The first-order valence-electron chi connectivity index (χ1n) is 2.31. The summed E-state index contributed by atoms with van der Waals surface area (Å²) in [6, 6.07) is 0. The van der Waals surface area contributed by atoms with Gasteiger partial charge in [-0.15, -0.1) is 5.12 Å². The topological polar surface area (TPSA) is 4.44 Å². The van der Waals surface area contributed by atoms with Crippen LogP contribution in [-0.4, -0.2) is 13.1 Å². The number of quaternary nitrogens is 1. The third-order valence-corrected chi connectivity index (χ3v) is 0.767. The van der Waals surface area contributed by atoms with Crippen LogP contribution in [0.2, 0.25) is 0 Å². The van der Waals surface area contributed by atoms with Crippen molar-refractivity contribution in [2.75, 3.05) is 13.1 Å². The summed E-state index contributed by atoms with van der Waals surface area (Å²) < 4.78 is 11.8. The van der Waals surface area contributed by atoms with E-state index in [0.29, 0.717) is 13.1 Å². The van der Waals surface area contributed by atoms with Crippen molar-refractivity contribution in [3.63, 3.8) is 0 Å². The van der Waals surface area contributed by atoms with Gasteiger partial charge in [-0.05, 0) is 18.3 Å². The van der Waals surface area contributed by atoms with Gasteiger partial charge in [-0.25, -0.2) is 0 Å². The second-order valence-electron chi connectivity index (χ2n) is 1.22. The van der Waals surface area contributed by atoms with Gasteiger partial charge < -0.3 is 0 Å². The first kappa shape index (κ1) is 5.89. The van der Waals surface area contributed by atoms with E-state index < -0.39 is 0 Å². The molecule has 1 nitrogen and oxygen atoms in total. The van der Waals surface area contributed by atoms with E-state index in [1.807, 2.05) is 13.8 Å². The molecular weight excluding hydrogens is 81.0 g/mol. The zero-order valence-electron chi connectivity index (χ0n) is 4.29. The molecule has 0 saturated heterocycles. The van der Waals surface area contributed by atoms with E-state index in [0.717, 1.165) is 0 Å². The highest BCUT2D eigenvalue weighted by Gasteiger charge is 1.92. The van der Waals surface area contributed by atoms with Crippen LogP contribution in [-0.2, 0) is 0 Å². The van der Waals surface area contributed by atoms with Crippen molar-refractivity contribution in [3.05, 3.63) is 0 Å². The van der Waals surface area contributed by atoms with Crippen LogP contribution in [0.25, 0.3) is 0 Å². The van der Waals surface area contributed by atoms with Gasteiger partial charge in [0.25, 0.3) is 0 Å². The maximum Gasteiger partial charge on any atom is 0.110 e. The minimum absolute atomic E-state index is 0.0926. The Kier molecular flexibility index (Phi) is 3.04. The first-order chi connectivity index (χ1) is 2.81. The molecule has 6 heavy (non-hydrogen) atoms. The minimum Gasteiger partial charge on any atom is -0.141 e. The molecule has 0 bridgehead atoms. The summed E-state index contributed by atoms with van der Waals surface area (Å²) in [6.45, 7) is 4.80. The molecule has 0 amide bonds. The van der Waals surface area contributed by atoms with E-state index in [1.54, 1.807) is 0 Å². The molecule has 38 valence electrons. The quantitative estimate of drug-likeness (QED) is 0.450. The van der Waals surface area contributed by atoms with Gasteiger partial charge in [-0.2, -0.15) is 0 Å². The molecule has 1 N–H and O–H groups in total. The van der Waals surface area contributed by atoms with Crippen LogP contribution >= 0.6 is 0 Å². The molecular formula is C4H11FN+. The van der Waals surface area contributed by atoms with Crippen molar-refractivity contribution < 1.29 is 9.60 Å². The predicted molar refractivity (Wildman–Crippen MR) is 23.2 cm³/mol. The molecule has 0 spiro atoms. The molecule has 0 aromatic rings. The van der Waals surface area contributed by atoms with E-state index in [-0.39, 0.29) is 5.12 Å². The number of hydrogen-bond acceptors (Lipinski definition) is 0. The lowest BCUT2D eigenvalue weighted by molar-refractivity contribution is -1.04. The molecule has 0 fully saturated rings. The zero-order chi connectivity index (χ0) is 4.99. The van der Waals surface area contributed by atoms with Gasteiger partial charge in [0, 0.05) is 0 Å². The van der Waals surface area contributed by atoms with Crippen LogP contribution < -0.4 is 5.12 Å². The van der Waals surface area contributed by atoms with Crippen LogP contribution in [0, 0.1) is 0 Å². The van der Waals surface area contributed by atoms with Crippen molar-refractivity contribution in [2.45, 2.75) is 13.8 Å². The van der Waals surface area contributed by atoms with Crippen LogP contribution in [0.5, 0.6) is 0 Å². The van der Waals surface area contributed by atoms with Gasteiger partial charge in [0.1, 0.15) is 13.1 Å². The highest BCUT2D eigenvalue weighted by atomic mass is 19.2. The molecule has 0 aliphatic heterocycles. The largest absolute Gasteiger partial charge is 0.141 e. The summed E-state index contributed by atoms with van der Waals surface area (Å²) in [5, 5.41) is 0.0926. The van der Waals surface area contributed by atoms with Crippen LogP contribution in [0.1, 0.15) is 13.8 Å². The Hall–Kier alpha value is -0.110. The lowest BCUT2D eigenvalue weighted by Gasteiger charge is -1.95. The number of nitrogens with one attached hydrogen (secondary N) is 1. The fourth-order valence-electron chi connectivity index (χ4n) is 0.250. The summed E-state index contributed by atoms with van der Waals surface area (Å²) in [7, 11) is 0. The Labute approximate surface area is 37.7 Å². The van der Waals surface area contributed by atoms with Crippen LogP contribution in [0.4, 0.5) is 4.48 Å². The Balaban J connectivity index is 2.75. The lowest BCUT2D eigenvalue weighted by Crippen LogP contribution is -3.03. The van der Waals surface area contributed by atoms with Crippen molar-refractivity contribution in [3.8, 4) is 0 Å². The second-order valence-corrected chi connectivity index (χ2v) is 1.22. The molecule has 0 atom stereocenters. The number of rotatable bonds is 2. The number of halogens is 1. The van der Waals surface area contributed by atoms with Crippen LogP contribution in [0.3, 0.4) is 0 Å². The standard InChI is InChI=1S/C4H10FN/c1-3-6(5)4-2/h3-4H2,1-2H3/p+1. The summed E-state index contributed by atoms with van der Waals surface area (Å²) in [4.78, 5) is 0. The fourth-order valence-corrected chi connectivity index (χ4v) is 0.250. The Morgan fingerprint density at radius 2 is 1.67 bits per heavy atom. The lowest BCUT2D eigenvalue weighted by atomic mass is 10.7. The molecule has 0 rings (SSSR count). The Morgan fingerprint density at radius 3 is 1.67 bits per heavy atom. The predicted octanol–water partition coefficient (Wildman–Crippen LogP) is -0.204. The smallest absolute Gasteiger partial charge is 0.110 e. The minimum atomic E-state index is 0.0926. The highest BCUT2D eigenvalue weighted by Crippen LogP contribution is 1.43. The van der Waals surface area contributed by atoms with Crippen molar-refractivity contribution >= 4 is 0 Å². The average molecular weight is 92.1 g/mol. The van der Waals surface area contributed by atoms with Gasteiger partial charge in [-0.1, -0.05) is 0 Å². The SMILES string of the molecule is CC[NH+](F)CC. The van der Waals surface area contributed by atoms with E-state index in [4.69, 9.17) is 0 Å².